The van der Waals surface area contributed by atoms with E-state index in [2.05, 4.69) is 44.2 Å². The third kappa shape index (κ3) is 2.27. The minimum absolute atomic E-state index is 0.0683. The Morgan fingerprint density at radius 2 is 1.75 bits per heavy atom. The zero-order valence-electron chi connectivity index (χ0n) is 10.2. The zero-order chi connectivity index (χ0) is 11.6. The average Bonchev–Trinajstić information content (AvgIpc) is 2.32. The first kappa shape index (κ1) is 11.2. The maximum atomic E-state index is 9.09. The number of nitriles is 1. The second-order valence-corrected chi connectivity index (χ2v) is 5.36. The second kappa shape index (κ2) is 4.29. The first-order chi connectivity index (χ1) is 7.63. The van der Waals surface area contributed by atoms with Crippen molar-refractivity contribution in [3.63, 3.8) is 0 Å². The summed E-state index contributed by atoms with van der Waals surface area (Å²) in [6.07, 6.45) is 4.41. The summed E-state index contributed by atoms with van der Waals surface area (Å²) in [7, 11) is 0. The van der Waals surface area contributed by atoms with E-state index in [1.165, 1.54) is 11.1 Å². The molecule has 0 atom stereocenters. The lowest BCUT2D eigenvalue weighted by Gasteiger charge is -2.32. The van der Waals surface area contributed by atoms with Crippen LogP contribution in [0.2, 0.25) is 0 Å². The fourth-order valence-corrected chi connectivity index (χ4v) is 2.54. The van der Waals surface area contributed by atoms with Crippen LogP contribution in [0.15, 0.2) is 24.3 Å². The topological polar surface area (TPSA) is 23.8 Å². The van der Waals surface area contributed by atoms with Gasteiger partial charge in [-0.05, 0) is 51.0 Å². The molecule has 1 fully saturated rings. The highest BCUT2D eigenvalue weighted by atomic mass is 14.4. The fourth-order valence-electron chi connectivity index (χ4n) is 2.54. The van der Waals surface area contributed by atoms with Gasteiger partial charge in [-0.15, -0.1) is 0 Å². The lowest BCUT2D eigenvalue weighted by molar-refractivity contribution is 0.270. The van der Waals surface area contributed by atoms with Crippen LogP contribution in [0.4, 0.5) is 0 Å². The maximum Gasteiger partial charge on any atom is 0.0686 e. The van der Waals surface area contributed by atoms with Gasteiger partial charge in [0.15, 0.2) is 0 Å². The molecule has 0 N–H and O–H groups in total. The molecule has 0 bridgehead atoms. The van der Waals surface area contributed by atoms with Gasteiger partial charge in [-0.3, -0.25) is 0 Å². The SMILES string of the molecule is Cc1ccc(C2CCC(C)(C#N)CC2)cc1. The Balaban J connectivity index is 2.05. The van der Waals surface area contributed by atoms with Crippen LogP contribution in [-0.4, -0.2) is 0 Å². The molecule has 84 valence electrons. The molecule has 0 radical (unpaired) electrons. The number of rotatable bonds is 1. The molecule has 1 aromatic carbocycles. The predicted molar refractivity (Wildman–Crippen MR) is 66.1 cm³/mol. The maximum absolute atomic E-state index is 9.09. The van der Waals surface area contributed by atoms with Crippen molar-refractivity contribution in [2.45, 2.75) is 45.4 Å². The summed E-state index contributed by atoms with van der Waals surface area (Å²) in [5.74, 6) is 0.669. The summed E-state index contributed by atoms with van der Waals surface area (Å²) in [5, 5.41) is 9.09. The Morgan fingerprint density at radius 3 is 2.25 bits per heavy atom. The molecule has 1 aliphatic rings. The van der Waals surface area contributed by atoms with Crippen molar-refractivity contribution in [2.75, 3.05) is 0 Å². The van der Waals surface area contributed by atoms with E-state index >= 15 is 0 Å². The molecule has 0 amide bonds. The standard InChI is InChI=1S/C15H19N/c1-12-3-5-13(6-4-12)14-7-9-15(2,11-16)10-8-14/h3-6,14H,7-10H2,1-2H3. The summed E-state index contributed by atoms with van der Waals surface area (Å²) >= 11 is 0. The molecule has 1 nitrogen and oxygen atoms in total. The Bertz CT molecular complexity index is 388. The minimum Gasteiger partial charge on any atom is -0.198 e. The van der Waals surface area contributed by atoms with Crippen molar-refractivity contribution in [1.82, 2.24) is 0 Å². The van der Waals surface area contributed by atoms with Crippen LogP contribution in [0.1, 0.15) is 49.7 Å². The van der Waals surface area contributed by atoms with Gasteiger partial charge in [-0.1, -0.05) is 29.8 Å². The van der Waals surface area contributed by atoms with Crippen molar-refractivity contribution >= 4 is 0 Å². The van der Waals surface area contributed by atoms with Crippen LogP contribution in [0.3, 0.4) is 0 Å². The number of nitrogens with zero attached hydrogens (tertiary/aromatic N) is 1. The van der Waals surface area contributed by atoms with Gasteiger partial charge in [0.1, 0.15) is 0 Å². The van der Waals surface area contributed by atoms with Gasteiger partial charge >= 0.3 is 0 Å². The lowest BCUT2D eigenvalue weighted by Crippen LogP contribution is -2.21. The summed E-state index contributed by atoms with van der Waals surface area (Å²) in [6, 6.07) is 11.3. The van der Waals surface area contributed by atoms with E-state index < -0.39 is 0 Å². The summed E-state index contributed by atoms with van der Waals surface area (Å²) in [6.45, 7) is 4.22. The Kier molecular flexibility index (Phi) is 3.01. The van der Waals surface area contributed by atoms with Gasteiger partial charge in [-0.2, -0.15) is 5.26 Å². The monoisotopic (exact) mass is 213 g/mol. The molecule has 1 aromatic rings. The highest BCUT2D eigenvalue weighted by Crippen LogP contribution is 2.42. The van der Waals surface area contributed by atoms with Gasteiger partial charge < -0.3 is 0 Å². The van der Waals surface area contributed by atoms with Crippen LogP contribution < -0.4 is 0 Å². The quantitative estimate of drug-likeness (QED) is 0.686. The molecular weight excluding hydrogens is 194 g/mol. The van der Waals surface area contributed by atoms with Crippen LogP contribution in [0.5, 0.6) is 0 Å². The first-order valence-corrected chi connectivity index (χ1v) is 6.11. The molecule has 0 saturated heterocycles. The largest absolute Gasteiger partial charge is 0.198 e. The number of hydrogen-bond donors (Lipinski definition) is 0. The van der Waals surface area contributed by atoms with E-state index in [4.69, 9.17) is 5.26 Å². The normalized spacial score (nSPS) is 29.7. The Morgan fingerprint density at radius 1 is 1.19 bits per heavy atom. The molecule has 0 aliphatic heterocycles. The molecule has 1 heteroatoms. The third-order valence-corrected chi connectivity index (χ3v) is 3.91. The molecule has 16 heavy (non-hydrogen) atoms. The summed E-state index contributed by atoms with van der Waals surface area (Å²) in [4.78, 5) is 0. The predicted octanol–water partition coefficient (Wildman–Crippen LogP) is 4.18. The van der Waals surface area contributed by atoms with Gasteiger partial charge in [0.25, 0.3) is 0 Å². The highest BCUT2D eigenvalue weighted by molar-refractivity contribution is 5.25. The Hall–Kier alpha value is -1.29. The molecule has 1 saturated carbocycles. The van der Waals surface area contributed by atoms with E-state index in [1.54, 1.807) is 0 Å². The van der Waals surface area contributed by atoms with Crippen LogP contribution in [-0.2, 0) is 0 Å². The first-order valence-electron chi connectivity index (χ1n) is 6.11. The van der Waals surface area contributed by atoms with Gasteiger partial charge in [0, 0.05) is 0 Å². The number of aryl methyl sites for hydroxylation is 1. The molecule has 2 rings (SSSR count). The zero-order valence-corrected chi connectivity index (χ0v) is 10.2. The van der Waals surface area contributed by atoms with Crippen molar-refractivity contribution in [2.24, 2.45) is 5.41 Å². The Labute approximate surface area is 98.1 Å². The van der Waals surface area contributed by atoms with E-state index in [0.717, 1.165) is 25.7 Å². The molecular formula is C15H19N. The summed E-state index contributed by atoms with van der Waals surface area (Å²) < 4.78 is 0. The fraction of sp³-hybridized carbons (Fsp3) is 0.533. The molecule has 0 aromatic heterocycles. The third-order valence-electron chi connectivity index (χ3n) is 3.91. The van der Waals surface area contributed by atoms with E-state index in [-0.39, 0.29) is 5.41 Å². The van der Waals surface area contributed by atoms with E-state index in [1.807, 2.05) is 0 Å². The van der Waals surface area contributed by atoms with Crippen molar-refractivity contribution in [3.8, 4) is 6.07 Å². The minimum atomic E-state index is -0.0683. The molecule has 0 unspecified atom stereocenters. The van der Waals surface area contributed by atoms with Crippen molar-refractivity contribution < 1.29 is 0 Å². The number of benzene rings is 1. The summed E-state index contributed by atoms with van der Waals surface area (Å²) in [5.41, 5.74) is 2.70. The second-order valence-electron chi connectivity index (χ2n) is 5.36. The smallest absolute Gasteiger partial charge is 0.0686 e. The van der Waals surface area contributed by atoms with Crippen LogP contribution >= 0.6 is 0 Å². The molecule has 0 heterocycles. The van der Waals surface area contributed by atoms with Crippen LogP contribution in [0.25, 0.3) is 0 Å². The molecule has 1 aliphatic carbocycles. The van der Waals surface area contributed by atoms with Crippen molar-refractivity contribution in [1.29, 1.82) is 5.26 Å². The van der Waals surface area contributed by atoms with Gasteiger partial charge in [0.05, 0.1) is 11.5 Å². The molecule has 0 spiro atoms. The highest BCUT2D eigenvalue weighted by Gasteiger charge is 2.31. The van der Waals surface area contributed by atoms with Gasteiger partial charge in [0.2, 0.25) is 0 Å². The van der Waals surface area contributed by atoms with Crippen LogP contribution in [0, 0.1) is 23.7 Å². The van der Waals surface area contributed by atoms with Gasteiger partial charge in [-0.25, -0.2) is 0 Å². The lowest BCUT2D eigenvalue weighted by atomic mass is 9.71. The average molecular weight is 213 g/mol. The van der Waals surface area contributed by atoms with Crippen molar-refractivity contribution in [3.05, 3.63) is 35.4 Å². The van der Waals surface area contributed by atoms with E-state index in [9.17, 15) is 0 Å². The number of hydrogen-bond acceptors (Lipinski definition) is 1. The van der Waals surface area contributed by atoms with E-state index in [0.29, 0.717) is 5.92 Å².